The molecule has 0 radical (unpaired) electrons. The Morgan fingerprint density at radius 2 is 2.26 bits per heavy atom. The zero-order chi connectivity index (χ0) is 14.0. The van der Waals surface area contributed by atoms with E-state index < -0.39 is 5.82 Å². The predicted molar refractivity (Wildman–Crippen MR) is 73.7 cm³/mol. The molecule has 0 bridgehead atoms. The molecule has 1 aromatic rings. The molecule has 2 atom stereocenters. The van der Waals surface area contributed by atoms with E-state index in [1.807, 2.05) is 6.92 Å². The molecular weight excluding hydrogens is 267 g/mol. The Hall–Kier alpha value is -1.13. The van der Waals surface area contributed by atoms with E-state index in [2.05, 4.69) is 0 Å². The Morgan fingerprint density at radius 3 is 2.89 bits per heavy atom. The zero-order valence-corrected chi connectivity index (χ0v) is 11.7. The molecule has 1 aromatic carbocycles. The van der Waals surface area contributed by atoms with E-state index in [9.17, 15) is 9.18 Å². The minimum absolute atomic E-state index is 0.0300. The van der Waals surface area contributed by atoms with Gasteiger partial charge >= 0.3 is 0 Å². The number of benzene rings is 1. The summed E-state index contributed by atoms with van der Waals surface area (Å²) < 4.78 is 13.0. The van der Waals surface area contributed by atoms with Gasteiger partial charge < -0.3 is 10.6 Å². The van der Waals surface area contributed by atoms with Crippen molar-refractivity contribution < 1.29 is 9.18 Å². The molecule has 1 saturated heterocycles. The van der Waals surface area contributed by atoms with Crippen LogP contribution in [0.25, 0.3) is 0 Å². The molecule has 1 aliphatic rings. The molecule has 19 heavy (non-hydrogen) atoms. The van der Waals surface area contributed by atoms with Gasteiger partial charge in [-0.3, -0.25) is 4.79 Å². The molecule has 2 unspecified atom stereocenters. The van der Waals surface area contributed by atoms with Crippen molar-refractivity contribution in [3.05, 3.63) is 34.6 Å². The number of likely N-dealkylation sites (tertiary alicyclic amines) is 1. The second-order valence-corrected chi connectivity index (χ2v) is 5.45. The standard InChI is InChI=1S/C14H18ClFN2O/c1-9(17)13-4-2-3-7-18(13)14(19)11-6-5-10(16)8-12(11)15/h5-6,8-9,13H,2-4,7,17H2,1H3. The van der Waals surface area contributed by atoms with Crippen molar-refractivity contribution >= 4 is 17.5 Å². The Balaban J connectivity index is 2.26. The third-order valence-electron chi connectivity index (χ3n) is 3.58. The molecule has 1 heterocycles. The Morgan fingerprint density at radius 1 is 1.53 bits per heavy atom. The number of rotatable bonds is 2. The van der Waals surface area contributed by atoms with E-state index in [-0.39, 0.29) is 23.0 Å². The summed E-state index contributed by atoms with van der Waals surface area (Å²) in [5.41, 5.74) is 6.29. The van der Waals surface area contributed by atoms with Crippen molar-refractivity contribution in [1.29, 1.82) is 0 Å². The average Bonchev–Trinajstić information content (AvgIpc) is 2.38. The van der Waals surface area contributed by atoms with Crippen molar-refractivity contribution in [2.75, 3.05) is 6.54 Å². The van der Waals surface area contributed by atoms with Crippen molar-refractivity contribution in [2.45, 2.75) is 38.3 Å². The third kappa shape index (κ3) is 3.07. The van der Waals surface area contributed by atoms with Gasteiger partial charge in [-0.15, -0.1) is 0 Å². The van der Waals surface area contributed by atoms with Gasteiger partial charge in [0.15, 0.2) is 0 Å². The molecule has 3 nitrogen and oxygen atoms in total. The van der Waals surface area contributed by atoms with Crippen LogP contribution in [-0.2, 0) is 0 Å². The number of piperidine rings is 1. The maximum atomic E-state index is 13.0. The normalized spacial score (nSPS) is 21.3. The van der Waals surface area contributed by atoms with Crippen molar-refractivity contribution in [3.8, 4) is 0 Å². The molecule has 1 amide bonds. The highest BCUT2D eigenvalue weighted by Crippen LogP contribution is 2.25. The number of amides is 1. The second-order valence-electron chi connectivity index (χ2n) is 5.04. The molecule has 0 saturated carbocycles. The van der Waals surface area contributed by atoms with Crippen LogP contribution in [-0.4, -0.2) is 29.4 Å². The maximum absolute atomic E-state index is 13.0. The van der Waals surface area contributed by atoms with E-state index in [4.69, 9.17) is 17.3 Å². The van der Waals surface area contributed by atoms with Gasteiger partial charge in [-0.2, -0.15) is 0 Å². The highest BCUT2D eigenvalue weighted by atomic mass is 35.5. The van der Waals surface area contributed by atoms with Crippen molar-refractivity contribution in [1.82, 2.24) is 4.90 Å². The molecule has 0 spiro atoms. The minimum Gasteiger partial charge on any atom is -0.334 e. The molecular formula is C14H18ClFN2O. The summed E-state index contributed by atoms with van der Waals surface area (Å²) in [6.07, 6.45) is 2.95. The smallest absolute Gasteiger partial charge is 0.255 e. The Kier molecular flexibility index (Phi) is 4.42. The quantitative estimate of drug-likeness (QED) is 0.908. The average molecular weight is 285 g/mol. The van der Waals surface area contributed by atoms with Gasteiger partial charge in [-0.25, -0.2) is 4.39 Å². The Bertz CT molecular complexity index is 479. The fourth-order valence-corrected chi connectivity index (χ4v) is 2.82. The lowest BCUT2D eigenvalue weighted by Crippen LogP contribution is -2.51. The molecule has 2 rings (SSSR count). The summed E-state index contributed by atoms with van der Waals surface area (Å²) in [6, 6.07) is 3.81. The van der Waals surface area contributed by atoms with E-state index in [1.54, 1.807) is 4.90 Å². The maximum Gasteiger partial charge on any atom is 0.255 e. The minimum atomic E-state index is -0.441. The highest BCUT2D eigenvalue weighted by Gasteiger charge is 2.30. The summed E-state index contributed by atoms with van der Waals surface area (Å²) in [5.74, 6) is -0.601. The SMILES string of the molecule is CC(N)C1CCCCN1C(=O)c1ccc(F)cc1Cl. The van der Waals surface area contributed by atoms with E-state index in [1.165, 1.54) is 18.2 Å². The van der Waals surface area contributed by atoms with Crippen molar-refractivity contribution in [2.24, 2.45) is 5.73 Å². The van der Waals surface area contributed by atoms with Crippen LogP contribution in [0.5, 0.6) is 0 Å². The first kappa shape index (κ1) is 14.3. The van der Waals surface area contributed by atoms with Crippen LogP contribution in [0.15, 0.2) is 18.2 Å². The van der Waals surface area contributed by atoms with Gasteiger partial charge in [-0.05, 0) is 44.4 Å². The number of hydrogen-bond acceptors (Lipinski definition) is 2. The molecule has 1 fully saturated rings. The first-order chi connectivity index (χ1) is 9.00. The first-order valence-corrected chi connectivity index (χ1v) is 6.90. The van der Waals surface area contributed by atoms with Crippen LogP contribution < -0.4 is 5.73 Å². The second kappa shape index (κ2) is 5.88. The summed E-state index contributed by atoms with van der Waals surface area (Å²) >= 11 is 5.95. The molecule has 5 heteroatoms. The number of halogens is 2. The van der Waals surface area contributed by atoms with E-state index in [0.29, 0.717) is 12.1 Å². The fraction of sp³-hybridized carbons (Fsp3) is 0.500. The topological polar surface area (TPSA) is 46.3 Å². The predicted octanol–water partition coefficient (Wildman–Crippen LogP) is 2.82. The van der Waals surface area contributed by atoms with Crippen LogP contribution in [0, 0.1) is 5.82 Å². The summed E-state index contributed by atoms with van der Waals surface area (Å²) in [4.78, 5) is 14.3. The molecule has 0 aromatic heterocycles. The lowest BCUT2D eigenvalue weighted by molar-refractivity contribution is 0.0584. The molecule has 2 N–H and O–H groups in total. The van der Waals surface area contributed by atoms with Crippen molar-refractivity contribution in [3.63, 3.8) is 0 Å². The third-order valence-corrected chi connectivity index (χ3v) is 3.89. The van der Waals surface area contributed by atoms with Gasteiger partial charge in [-0.1, -0.05) is 11.6 Å². The van der Waals surface area contributed by atoms with E-state index in [0.717, 1.165) is 19.3 Å². The van der Waals surface area contributed by atoms with Gasteiger partial charge in [0.05, 0.1) is 10.6 Å². The molecule has 0 aliphatic carbocycles. The fourth-order valence-electron chi connectivity index (χ4n) is 2.57. The van der Waals surface area contributed by atoms with Crippen LogP contribution in [0.3, 0.4) is 0 Å². The van der Waals surface area contributed by atoms with Crippen LogP contribution in [0.4, 0.5) is 4.39 Å². The van der Waals surface area contributed by atoms with Gasteiger partial charge in [0.25, 0.3) is 5.91 Å². The number of hydrogen-bond donors (Lipinski definition) is 1. The van der Waals surface area contributed by atoms with Gasteiger partial charge in [0.2, 0.25) is 0 Å². The number of nitrogens with two attached hydrogens (primary N) is 1. The van der Waals surface area contributed by atoms with E-state index >= 15 is 0 Å². The van der Waals surface area contributed by atoms with Crippen LogP contribution in [0.1, 0.15) is 36.5 Å². The van der Waals surface area contributed by atoms with Crippen LogP contribution in [0.2, 0.25) is 5.02 Å². The first-order valence-electron chi connectivity index (χ1n) is 6.52. The molecule has 104 valence electrons. The number of nitrogens with zero attached hydrogens (tertiary/aromatic N) is 1. The lowest BCUT2D eigenvalue weighted by atomic mass is 9.96. The highest BCUT2D eigenvalue weighted by molar-refractivity contribution is 6.33. The Labute approximate surface area is 117 Å². The summed E-state index contributed by atoms with van der Waals surface area (Å²) in [6.45, 7) is 2.58. The molecule has 1 aliphatic heterocycles. The monoisotopic (exact) mass is 284 g/mol. The summed E-state index contributed by atoms with van der Waals surface area (Å²) in [7, 11) is 0. The van der Waals surface area contributed by atoms with Crippen LogP contribution >= 0.6 is 11.6 Å². The number of carbonyl (C=O) groups is 1. The zero-order valence-electron chi connectivity index (χ0n) is 10.9. The number of carbonyl (C=O) groups excluding carboxylic acids is 1. The summed E-state index contributed by atoms with van der Waals surface area (Å²) in [5, 5.41) is 0.152. The lowest BCUT2D eigenvalue weighted by Gasteiger charge is -2.38. The van der Waals surface area contributed by atoms with Gasteiger partial charge in [0, 0.05) is 18.6 Å². The van der Waals surface area contributed by atoms with Gasteiger partial charge in [0.1, 0.15) is 5.82 Å². The largest absolute Gasteiger partial charge is 0.334 e.